The Kier molecular flexibility index (Phi) is 5.73. The molecule has 3 N–H and O–H groups in total. The van der Waals surface area contributed by atoms with Crippen LogP contribution in [0, 0.1) is 6.92 Å². The third kappa shape index (κ3) is 3.82. The number of hydrogen-bond donors (Lipinski definition) is 3. The van der Waals surface area contributed by atoms with Gasteiger partial charge in [-0.05, 0) is 19.3 Å². The first-order valence-corrected chi connectivity index (χ1v) is 6.97. The number of aromatic nitrogens is 2. The number of aliphatic carboxylic acids is 1. The molecule has 1 atom stereocenters. The number of hydrogen-bond acceptors (Lipinski definition) is 3. The molecular weight excluding hydrogens is 258 g/mol. The van der Waals surface area contributed by atoms with Crippen molar-refractivity contribution in [1.82, 2.24) is 15.5 Å². The van der Waals surface area contributed by atoms with Gasteiger partial charge in [-0.1, -0.05) is 33.6 Å². The fraction of sp³-hybridized carbons (Fsp3) is 0.643. The van der Waals surface area contributed by atoms with Crippen LogP contribution in [0.4, 0.5) is 0 Å². The van der Waals surface area contributed by atoms with E-state index in [2.05, 4.69) is 15.5 Å². The highest BCUT2D eigenvalue weighted by atomic mass is 16.4. The second-order valence-corrected chi connectivity index (χ2v) is 5.27. The summed E-state index contributed by atoms with van der Waals surface area (Å²) in [5, 5.41) is 18.7. The van der Waals surface area contributed by atoms with Crippen molar-refractivity contribution in [2.24, 2.45) is 0 Å². The van der Waals surface area contributed by atoms with Gasteiger partial charge in [0, 0.05) is 5.69 Å². The van der Waals surface area contributed by atoms with Crippen molar-refractivity contribution < 1.29 is 14.7 Å². The SMILES string of the molecule is CCCC[C@H](NC(=O)c1c(C(C)C)n[nH]c1C)C(=O)O. The van der Waals surface area contributed by atoms with Crippen LogP contribution in [0.15, 0.2) is 0 Å². The van der Waals surface area contributed by atoms with E-state index in [1.807, 2.05) is 20.8 Å². The van der Waals surface area contributed by atoms with Gasteiger partial charge in [0.15, 0.2) is 0 Å². The molecule has 6 nitrogen and oxygen atoms in total. The number of amides is 1. The molecule has 0 aromatic carbocycles. The maximum atomic E-state index is 12.3. The molecule has 0 radical (unpaired) electrons. The van der Waals surface area contributed by atoms with Gasteiger partial charge in [0.05, 0.1) is 11.3 Å². The first kappa shape index (κ1) is 16.2. The van der Waals surface area contributed by atoms with E-state index < -0.39 is 12.0 Å². The minimum absolute atomic E-state index is 0.0969. The van der Waals surface area contributed by atoms with E-state index >= 15 is 0 Å². The van der Waals surface area contributed by atoms with Crippen molar-refractivity contribution in [2.45, 2.75) is 58.9 Å². The number of unbranched alkanes of at least 4 members (excludes halogenated alkanes) is 1. The highest BCUT2D eigenvalue weighted by molar-refractivity contribution is 5.98. The number of carbonyl (C=O) groups is 2. The summed E-state index contributed by atoms with van der Waals surface area (Å²) in [5.41, 5.74) is 1.79. The van der Waals surface area contributed by atoms with Crippen molar-refractivity contribution in [2.75, 3.05) is 0 Å². The van der Waals surface area contributed by atoms with Crippen LogP contribution >= 0.6 is 0 Å². The molecule has 0 saturated heterocycles. The zero-order chi connectivity index (χ0) is 15.3. The van der Waals surface area contributed by atoms with Crippen molar-refractivity contribution in [1.29, 1.82) is 0 Å². The summed E-state index contributed by atoms with van der Waals surface area (Å²) < 4.78 is 0. The molecule has 20 heavy (non-hydrogen) atoms. The van der Waals surface area contributed by atoms with Crippen molar-refractivity contribution in [3.63, 3.8) is 0 Å². The largest absolute Gasteiger partial charge is 0.480 e. The van der Waals surface area contributed by atoms with Gasteiger partial charge in [-0.15, -0.1) is 0 Å². The highest BCUT2D eigenvalue weighted by Crippen LogP contribution is 2.19. The monoisotopic (exact) mass is 281 g/mol. The zero-order valence-electron chi connectivity index (χ0n) is 12.5. The summed E-state index contributed by atoms with van der Waals surface area (Å²) in [5.74, 6) is -1.28. The molecule has 0 aliphatic carbocycles. The molecule has 6 heteroatoms. The maximum absolute atomic E-state index is 12.3. The van der Waals surface area contributed by atoms with E-state index in [-0.39, 0.29) is 11.8 Å². The molecule has 1 amide bonds. The van der Waals surface area contributed by atoms with Gasteiger partial charge in [-0.2, -0.15) is 5.10 Å². The number of carboxylic acids is 1. The van der Waals surface area contributed by atoms with Gasteiger partial charge in [-0.3, -0.25) is 9.89 Å². The van der Waals surface area contributed by atoms with Gasteiger partial charge < -0.3 is 10.4 Å². The predicted octanol–water partition coefficient (Wildman–Crippen LogP) is 2.21. The fourth-order valence-corrected chi connectivity index (χ4v) is 2.05. The van der Waals surface area contributed by atoms with Crippen LogP contribution in [0.5, 0.6) is 0 Å². The van der Waals surface area contributed by atoms with E-state index in [1.165, 1.54) is 0 Å². The molecule has 1 aromatic heterocycles. The number of aryl methyl sites for hydroxylation is 1. The zero-order valence-corrected chi connectivity index (χ0v) is 12.5. The molecule has 112 valence electrons. The van der Waals surface area contributed by atoms with Crippen LogP contribution in [0.3, 0.4) is 0 Å². The third-order valence-electron chi connectivity index (χ3n) is 3.20. The van der Waals surface area contributed by atoms with E-state index in [0.29, 0.717) is 23.4 Å². The Morgan fingerprint density at radius 1 is 1.40 bits per heavy atom. The quantitative estimate of drug-likeness (QED) is 0.714. The smallest absolute Gasteiger partial charge is 0.326 e. The first-order valence-electron chi connectivity index (χ1n) is 6.97. The average molecular weight is 281 g/mol. The third-order valence-corrected chi connectivity index (χ3v) is 3.20. The predicted molar refractivity (Wildman–Crippen MR) is 75.8 cm³/mol. The Labute approximate surface area is 119 Å². The molecule has 0 aliphatic rings. The minimum Gasteiger partial charge on any atom is -0.480 e. The maximum Gasteiger partial charge on any atom is 0.326 e. The summed E-state index contributed by atoms with van der Waals surface area (Å²) in [4.78, 5) is 23.5. The lowest BCUT2D eigenvalue weighted by atomic mass is 10.0. The standard InChI is InChI=1S/C14H23N3O3/c1-5-6-7-10(14(19)20)15-13(18)11-9(4)16-17-12(11)8(2)3/h8,10H,5-7H2,1-4H3,(H,15,18)(H,16,17)(H,19,20)/t10-/m0/s1. The van der Waals surface area contributed by atoms with Crippen LogP contribution in [0.25, 0.3) is 0 Å². The van der Waals surface area contributed by atoms with Crippen LogP contribution in [-0.4, -0.2) is 33.2 Å². The number of nitrogens with zero attached hydrogens (tertiary/aromatic N) is 1. The van der Waals surface area contributed by atoms with Crippen molar-refractivity contribution in [3.05, 3.63) is 17.0 Å². The van der Waals surface area contributed by atoms with Crippen LogP contribution in [0.1, 0.15) is 67.7 Å². The van der Waals surface area contributed by atoms with Gasteiger partial charge in [0.1, 0.15) is 6.04 Å². The molecule has 0 unspecified atom stereocenters. The lowest BCUT2D eigenvalue weighted by Crippen LogP contribution is -2.41. The molecule has 0 spiro atoms. The molecule has 0 aliphatic heterocycles. The fourth-order valence-electron chi connectivity index (χ4n) is 2.05. The summed E-state index contributed by atoms with van der Waals surface area (Å²) in [7, 11) is 0. The average Bonchev–Trinajstić information content (AvgIpc) is 2.76. The minimum atomic E-state index is -1.00. The molecule has 0 saturated carbocycles. The lowest BCUT2D eigenvalue weighted by molar-refractivity contribution is -0.139. The second kappa shape index (κ2) is 7.07. The normalized spacial score (nSPS) is 12.4. The topological polar surface area (TPSA) is 95.1 Å². The van der Waals surface area contributed by atoms with E-state index in [1.54, 1.807) is 6.92 Å². The Balaban J connectivity index is 2.89. The molecule has 0 fully saturated rings. The van der Waals surface area contributed by atoms with Crippen LogP contribution in [-0.2, 0) is 4.79 Å². The molecule has 1 heterocycles. The Hall–Kier alpha value is -1.85. The molecular formula is C14H23N3O3. The van der Waals surface area contributed by atoms with Crippen LogP contribution in [0.2, 0.25) is 0 Å². The number of rotatable bonds is 7. The summed E-state index contributed by atoms with van der Waals surface area (Å²) in [6.07, 6.45) is 2.09. The van der Waals surface area contributed by atoms with Gasteiger partial charge in [-0.25, -0.2) is 4.79 Å². The number of carboxylic acid groups (broad SMARTS) is 1. The van der Waals surface area contributed by atoms with E-state index in [0.717, 1.165) is 12.8 Å². The van der Waals surface area contributed by atoms with Gasteiger partial charge >= 0.3 is 5.97 Å². The number of nitrogens with one attached hydrogen (secondary N) is 2. The van der Waals surface area contributed by atoms with Crippen molar-refractivity contribution in [3.8, 4) is 0 Å². The van der Waals surface area contributed by atoms with Gasteiger partial charge in [0.2, 0.25) is 0 Å². The Bertz CT molecular complexity index is 480. The Morgan fingerprint density at radius 3 is 2.55 bits per heavy atom. The first-order chi connectivity index (χ1) is 9.38. The lowest BCUT2D eigenvalue weighted by Gasteiger charge is -2.15. The van der Waals surface area contributed by atoms with Gasteiger partial charge in [0.25, 0.3) is 5.91 Å². The number of H-pyrrole nitrogens is 1. The summed E-state index contributed by atoms with van der Waals surface area (Å²) >= 11 is 0. The Morgan fingerprint density at radius 2 is 2.05 bits per heavy atom. The summed E-state index contributed by atoms with van der Waals surface area (Å²) in [6, 6.07) is -0.850. The second-order valence-electron chi connectivity index (χ2n) is 5.27. The molecule has 1 rings (SSSR count). The van der Waals surface area contributed by atoms with E-state index in [9.17, 15) is 9.59 Å². The highest BCUT2D eigenvalue weighted by Gasteiger charge is 2.25. The van der Waals surface area contributed by atoms with Crippen molar-refractivity contribution >= 4 is 11.9 Å². The number of aromatic amines is 1. The van der Waals surface area contributed by atoms with E-state index in [4.69, 9.17) is 5.11 Å². The van der Waals surface area contributed by atoms with Crippen LogP contribution < -0.4 is 5.32 Å². The number of carbonyl (C=O) groups excluding carboxylic acids is 1. The summed E-state index contributed by atoms with van der Waals surface area (Å²) in [6.45, 7) is 7.63. The molecule has 1 aromatic rings. The molecule has 0 bridgehead atoms.